The van der Waals surface area contributed by atoms with E-state index in [2.05, 4.69) is 39.1 Å². The van der Waals surface area contributed by atoms with Crippen molar-refractivity contribution in [2.45, 2.75) is 25.4 Å². The number of rotatable bonds is 5. The van der Waals surface area contributed by atoms with Crippen molar-refractivity contribution < 1.29 is 4.79 Å². The van der Waals surface area contributed by atoms with Crippen molar-refractivity contribution in [1.29, 1.82) is 0 Å². The molecule has 0 aliphatic carbocycles. The van der Waals surface area contributed by atoms with Gasteiger partial charge in [-0.1, -0.05) is 42.5 Å². The van der Waals surface area contributed by atoms with E-state index in [1.807, 2.05) is 18.2 Å². The quantitative estimate of drug-likeness (QED) is 0.716. The molecule has 2 aromatic carbocycles. The summed E-state index contributed by atoms with van der Waals surface area (Å²) in [5.74, 6) is -0.192. The number of nitrogen functional groups attached to an aromatic ring is 1. The molecule has 1 aromatic heterocycles. The number of likely N-dealkylation sites (tertiary alicyclic amines) is 1. The van der Waals surface area contributed by atoms with Crippen LogP contribution in [0.15, 0.2) is 60.8 Å². The van der Waals surface area contributed by atoms with Gasteiger partial charge >= 0.3 is 0 Å². The van der Waals surface area contributed by atoms with Gasteiger partial charge in [0.05, 0.1) is 11.7 Å². The molecule has 0 saturated carbocycles. The molecule has 2 heterocycles. The monoisotopic (exact) mass is 373 g/mol. The number of nitrogens with two attached hydrogens (primary N) is 2. The Morgan fingerprint density at radius 2 is 1.96 bits per heavy atom. The predicted octanol–water partition coefficient (Wildman–Crippen LogP) is 3.16. The summed E-state index contributed by atoms with van der Waals surface area (Å²) in [4.78, 5) is 22.8. The SMILES string of the molecule is NC(=O)c1cccc(-c2cnc(N)nc2C2CCCN2Cc2ccccc2)c1. The zero-order chi connectivity index (χ0) is 19.5. The van der Waals surface area contributed by atoms with Crippen LogP contribution in [0, 0.1) is 0 Å². The van der Waals surface area contributed by atoms with E-state index >= 15 is 0 Å². The second kappa shape index (κ2) is 7.78. The van der Waals surface area contributed by atoms with E-state index in [0.717, 1.165) is 42.8 Å². The smallest absolute Gasteiger partial charge is 0.248 e. The van der Waals surface area contributed by atoms with Gasteiger partial charge in [0.25, 0.3) is 0 Å². The normalized spacial score (nSPS) is 16.9. The van der Waals surface area contributed by atoms with Crippen molar-refractivity contribution in [2.24, 2.45) is 5.73 Å². The molecule has 4 rings (SSSR count). The fourth-order valence-corrected chi connectivity index (χ4v) is 3.87. The molecule has 1 atom stereocenters. The van der Waals surface area contributed by atoms with Gasteiger partial charge in [-0.3, -0.25) is 9.69 Å². The zero-order valence-corrected chi connectivity index (χ0v) is 15.6. The Morgan fingerprint density at radius 1 is 1.14 bits per heavy atom. The van der Waals surface area contributed by atoms with E-state index in [0.29, 0.717) is 5.56 Å². The summed E-state index contributed by atoms with van der Waals surface area (Å²) in [6, 6.07) is 17.8. The number of hydrogen-bond donors (Lipinski definition) is 2. The highest BCUT2D eigenvalue weighted by atomic mass is 16.1. The summed E-state index contributed by atoms with van der Waals surface area (Å²) < 4.78 is 0. The Bertz CT molecular complexity index is 989. The number of hydrogen-bond acceptors (Lipinski definition) is 5. The summed E-state index contributed by atoms with van der Waals surface area (Å²) in [7, 11) is 0. The molecule has 6 nitrogen and oxygen atoms in total. The molecule has 0 spiro atoms. The van der Waals surface area contributed by atoms with Gasteiger partial charge in [-0.05, 0) is 42.6 Å². The average molecular weight is 373 g/mol. The van der Waals surface area contributed by atoms with Gasteiger partial charge < -0.3 is 11.5 Å². The van der Waals surface area contributed by atoms with Crippen LogP contribution in [0.25, 0.3) is 11.1 Å². The number of aromatic nitrogens is 2. The van der Waals surface area contributed by atoms with Gasteiger partial charge in [-0.15, -0.1) is 0 Å². The number of carbonyl (C=O) groups excluding carboxylic acids is 1. The van der Waals surface area contributed by atoms with Crippen LogP contribution in [0.5, 0.6) is 0 Å². The van der Waals surface area contributed by atoms with Crippen molar-refractivity contribution in [3.63, 3.8) is 0 Å². The number of carbonyl (C=O) groups is 1. The van der Waals surface area contributed by atoms with Crippen LogP contribution >= 0.6 is 0 Å². The maximum Gasteiger partial charge on any atom is 0.248 e. The van der Waals surface area contributed by atoms with Crippen LogP contribution < -0.4 is 11.5 Å². The molecule has 1 amide bonds. The first-order valence-electron chi connectivity index (χ1n) is 9.42. The van der Waals surface area contributed by atoms with Gasteiger partial charge in [0, 0.05) is 23.9 Å². The molecule has 4 N–H and O–H groups in total. The van der Waals surface area contributed by atoms with Gasteiger partial charge in [0.15, 0.2) is 0 Å². The van der Waals surface area contributed by atoms with Crippen molar-refractivity contribution in [1.82, 2.24) is 14.9 Å². The summed E-state index contributed by atoms with van der Waals surface area (Å²) in [6.45, 7) is 1.86. The second-order valence-corrected chi connectivity index (χ2v) is 7.09. The van der Waals surface area contributed by atoms with Gasteiger partial charge in [0.2, 0.25) is 11.9 Å². The molecule has 3 aromatic rings. The third kappa shape index (κ3) is 3.73. The lowest BCUT2D eigenvalue weighted by atomic mass is 9.98. The third-order valence-electron chi connectivity index (χ3n) is 5.20. The zero-order valence-electron chi connectivity index (χ0n) is 15.6. The van der Waals surface area contributed by atoms with E-state index in [1.165, 1.54) is 5.56 Å². The van der Waals surface area contributed by atoms with Gasteiger partial charge in [-0.2, -0.15) is 0 Å². The first kappa shape index (κ1) is 18.1. The van der Waals surface area contributed by atoms with Crippen LogP contribution in [-0.4, -0.2) is 27.3 Å². The number of anilines is 1. The Balaban J connectivity index is 1.72. The Kier molecular flexibility index (Phi) is 5.04. The van der Waals surface area contributed by atoms with Crippen LogP contribution in [-0.2, 0) is 6.54 Å². The molecule has 1 unspecified atom stereocenters. The second-order valence-electron chi connectivity index (χ2n) is 7.09. The number of nitrogens with zero attached hydrogens (tertiary/aromatic N) is 3. The molecule has 0 radical (unpaired) electrons. The van der Waals surface area contributed by atoms with Crippen LogP contribution in [0.4, 0.5) is 5.95 Å². The average Bonchev–Trinajstić information content (AvgIpc) is 3.16. The molecule has 1 fully saturated rings. The molecular formula is C22H23N5O. The molecule has 28 heavy (non-hydrogen) atoms. The minimum absolute atomic E-state index is 0.151. The fraction of sp³-hybridized carbons (Fsp3) is 0.227. The summed E-state index contributed by atoms with van der Waals surface area (Å²) in [5.41, 5.74) is 15.8. The van der Waals surface area contributed by atoms with Crippen molar-refractivity contribution in [3.05, 3.63) is 77.6 Å². The summed E-state index contributed by atoms with van der Waals surface area (Å²) in [5, 5.41) is 0. The van der Waals surface area contributed by atoms with E-state index < -0.39 is 5.91 Å². The fourth-order valence-electron chi connectivity index (χ4n) is 3.87. The van der Waals surface area contributed by atoms with Gasteiger partial charge in [-0.25, -0.2) is 9.97 Å². The minimum Gasteiger partial charge on any atom is -0.368 e. The molecule has 1 saturated heterocycles. The van der Waals surface area contributed by atoms with E-state index in [4.69, 9.17) is 11.5 Å². The molecular weight excluding hydrogens is 350 g/mol. The Morgan fingerprint density at radius 3 is 2.75 bits per heavy atom. The minimum atomic E-state index is -0.452. The molecule has 1 aliphatic heterocycles. The lowest BCUT2D eigenvalue weighted by Crippen LogP contribution is -2.24. The summed E-state index contributed by atoms with van der Waals surface area (Å²) in [6.07, 6.45) is 3.85. The predicted molar refractivity (Wildman–Crippen MR) is 109 cm³/mol. The summed E-state index contributed by atoms with van der Waals surface area (Å²) >= 11 is 0. The van der Waals surface area contributed by atoms with Crippen molar-refractivity contribution in [2.75, 3.05) is 12.3 Å². The number of primary amides is 1. The van der Waals surface area contributed by atoms with Crippen molar-refractivity contribution >= 4 is 11.9 Å². The molecule has 6 heteroatoms. The molecule has 0 bridgehead atoms. The topological polar surface area (TPSA) is 98.1 Å². The Labute approximate surface area is 164 Å². The first-order chi connectivity index (χ1) is 13.6. The van der Waals surface area contributed by atoms with Crippen LogP contribution in [0.2, 0.25) is 0 Å². The largest absolute Gasteiger partial charge is 0.368 e. The highest BCUT2D eigenvalue weighted by Gasteiger charge is 2.30. The maximum absolute atomic E-state index is 11.6. The first-order valence-corrected chi connectivity index (χ1v) is 9.42. The lowest BCUT2D eigenvalue weighted by molar-refractivity contribution is 0.100. The highest BCUT2D eigenvalue weighted by molar-refractivity contribution is 5.94. The van der Waals surface area contributed by atoms with Crippen LogP contribution in [0.3, 0.4) is 0 Å². The maximum atomic E-state index is 11.6. The number of amides is 1. The Hall–Kier alpha value is -3.25. The third-order valence-corrected chi connectivity index (χ3v) is 5.20. The van der Waals surface area contributed by atoms with E-state index in [1.54, 1.807) is 18.3 Å². The van der Waals surface area contributed by atoms with Crippen molar-refractivity contribution in [3.8, 4) is 11.1 Å². The standard InChI is InChI=1S/C22H23N5O/c23-21(28)17-9-4-8-16(12-17)18-13-25-22(24)26-20(18)19-10-5-11-27(19)14-15-6-2-1-3-7-15/h1-4,6-9,12-13,19H,5,10-11,14H2,(H2,23,28)(H2,24,25,26). The van der Waals surface area contributed by atoms with E-state index in [9.17, 15) is 4.79 Å². The number of benzene rings is 2. The highest BCUT2D eigenvalue weighted by Crippen LogP contribution is 2.37. The molecule has 1 aliphatic rings. The van der Waals surface area contributed by atoms with Crippen LogP contribution in [0.1, 0.15) is 40.5 Å². The van der Waals surface area contributed by atoms with Gasteiger partial charge in [0.1, 0.15) is 0 Å². The van der Waals surface area contributed by atoms with E-state index in [-0.39, 0.29) is 12.0 Å². The molecule has 142 valence electrons. The lowest BCUT2D eigenvalue weighted by Gasteiger charge is -2.26.